The second-order valence-electron chi connectivity index (χ2n) is 21.1. The van der Waals surface area contributed by atoms with Crippen molar-refractivity contribution in [2.75, 3.05) is 13.2 Å². The molecular weight excluding hydrogens is 749 g/mol. The molecule has 0 aromatic heterocycles. The summed E-state index contributed by atoms with van der Waals surface area (Å²) in [7, 11) is 0. The van der Waals surface area contributed by atoms with E-state index < -0.39 is 0 Å². The van der Waals surface area contributed by atoms with Crippen LogP contribution in [0.4, 0.5) is 0 Å². The van der Waals surface area contributed by atoms with Gasteiger partial charge in [-0.15, -0.1) is 0 Å². The van der Waals surface area contributed by atoms with Crippen molar-refractivity contribution in [2.24, 2.45) is 0 Å². The van der Waals surface area contributed by atoms with Crippen LogP contribution in [0.2, 0.25) is 0 Å². The predicted octanol–water partition coefficient (Wildman–Crippen LogP) is 15.4. The minimum absolute atomic E-state index is 0.0493. The molecule has 0 atom stereocenters. The Labute approximate surface area is 366 Å². The Morgan fingerprint density at radius 1 is 0.377 bits per heavy atom. The lowest BCUT2D eigenvalue weighted by molar-refractivity contribution is 0.248. The second kappa shape index (κ2) is 17.1. The van der Waals surface area contributed by atoms with Gasteiger partial charge in [-0.3, -0.25) is 0 Å². The van der Waals surface area contributed by atoms with Crippen molar-refractivity contribution in [2.45, 2.75) is 125 Å². The molecule has 0 aliphatic rings. The van der Waals surface area contributed by atoms with Gasteiger partial charge in [0.05, 0.1) is 13.2 Å². The summed E-state index contributed by atoms with van der Waals surface area (Å²) in [6, 6.07) is 37.6. The van der Waals surface area contributed by atoms with Crippen LogP contribution in [0, 0.1) is 13.8 Å². The molecule has 0 bridgehead atoms. The van der Waals surface area contributed by atoms with Crippen LogP contribution in [0.25, 0.3) is 44.5 Å². The number of phenolic OH excluding ortho intramolecular Hbond substituents is 2. The van der Waals surface area contributed by atoms with Gasteiger partial charge in [0.2, 0.25) is 0 Å². The van der Waals surface area contributed by atoms with Crippen LogP contribution in [0.5, 0.6) is 23.0 Å². The maximum absolute atomic E-state index is 12.0. The highest BCUT2D eigenvalue weighted by molar-refractivity contribution is 5.87. The summed E-state index contributed by atoms with van der Waals surface area (Å²) in [5.41, 5.74) is 13.7. The Morgan fingerprint density at radius 3 is 0.984 bits per heavy atom. The molecule has 0 unspecified atom stereocenters. The number of rotatable bonds is 10. The zero-order valence-corrected chi connectivity index (χ0v) is 39.2. The average molecular weight is 817 g/mol. The molecule has 61 heavy (non-hydrogen) atoms. The molecule has 0 saturated heterocycles. The Morgan fingerprint density at radius 2 is 0.672 bits per heavy atom. The Bertz CT molecular complexity index is 2290. The second-order valence-corrected chi connectivity index (χ2v) is 21.1. The Hall–Kier alpha value is -5.48. The third kappa shape index (κ3) is 10.4. The van der Waals surface area contributed by atoms with E-state index in [1.165, 1.54) is 22.3 Å². The third-order valence-corrected chi connectivity index (χ3v) is 11.6. The van der Waals surface area contributed by atoms with E-state index in [2.05, 4.69) is 145 Å². The van der Waals surface area contributed by atoms with Gasteiger partial charge in [-0.1, -0.05) is 156 Å². The first-order valence-corrected chi connectivity index (χ1v) is 21.9. The van der Waals surface area contributed by atoms with Gasteiger partial charge in [0.25, 0.3) is 0 Å². The molecule has 0 heterocycles. The van der Waals surface area contributed by atoms with Crippen LogP contribution < -0.4 is 9.47 Å². The summed E-state index contributed by atoms with van der Waals surface area (Å²) in [6.07, 6.45) is 0.628. The highest BCUT2D eigenvalue weighted by atomic mass is 16.5. The third-order valence-electron chi connectivity index (χ3n) is 11.6. The van der Waals surface area contributed by atoms with Gasteiger partial charge in [0.1, 0.15) is 23.0 Å². The maximum Gasteiger partial charge on any atom is 0.131 e. The van der Waals surface area contributed by atoms with E-state index in [0.717, 1.165) is 55.6 Å². The van der Waals surface area contributed by atoms with Crippen molar-refractivity contribution in [3.63, 3.8) is 0 Å². The van der Waals surface area contributed by atoms with Gasteiger partial charge in [-0.2, -0.15) is 0 Å². The van der Waals surface area contributed by atoms with Crippen LogP contribution in [-0.2, 0) is 21.7 Å². The van der Waals surface area contributed by atoms with Crippen molar-refractivity contribution in [3.8, 4) is 67.5 Å². The first-order chi connectivity index (χ1) is 28.4. The van der Waals surface area contributed by atoms with Gasteiger partial charge < -0.3 is 19.7 Å². The number of phenols is 2. The fourth-order valence-electron chi connectivity index (χ4n) is 7.76. The number of ether oxygens (including phenoxy) is 2. The molecule has 0 aliphatic heterocycles. The zero-order chi connectivity index (χ0) is 44.7. The average Bonchev–Trinajstić information content (AvgIpc) is 3.18. The van der Waals surface area contributed by atoms with E-state index in [0.29, 0.717) is 31.1 Å². The number of aryl methyl sites for hydroxylation is 2. The lowest BCUT2D eigenvalue weighted by atomic mass is 9.78. The first kappa shape index (κ1) is 45.1. The summed E-state index contributed by atoms with van der Waals surface area (Å²) in [6.45, 7) is 31.8. The van der Waals surface area contributed by atoms with Crippen LogP contribution in [-0.4, -0.2) is 23.4 Å². The van der Waals surface area contributed by atoms with Crippen molar-refractivity contribution >= 4 is 0 Å². The summed E-state index contributed by atoms with van der Waals surface area (Å²) in [5.74, 6) is 1.89. The number of benzene rings is 6. The van der Waals surface area contributed by atoms with Crippen molar-refractivity contribution < 1.29 is 19.7 Å². The van der Waals surface area contributed by atoms with Gasteiger partial charge in [0.15, 0.2) is 0 Å². The number of para-hydroxylation sites is 2. The van der Waals surface area contributed by atoms with Crippen LogP contribution >= 0.6 is 0 Å². The van der Waals surface area contributed by atoms with Gasteiger partial charge in [-0.05, 0) is 116 Å². The molecule has 2 N–H and O–H groups in total. The molecule has 0 aliphatic carbocycles. The molecule has 6 rings (SSSR count). The molecule has 4 heteroatoms. The molecule has 320 valence electrons. The minimum Gasteiger partial charge on any atom is -0.507 e. The topological polar surface area (TPSA) is 58.9 Å². The largest absolute Gasteiger partial charge is 0.507 e. The predicted molar refractivity (Wildman–Crippen MR) is 258 cm³/mol. The molecule has 6 aromatic carbocycles. The number of hydrogen-bond donors (Lipinski definition) is 2. The smallest absolute Gasteiger partial charge is 0.131 e. The Balaban J connectivity index is 1.23. The van der Waals surface area contributed by atoms with E-state index in [1.54, 1.807) is 0 Å². The maximum atomic E-state index is 12.0. The normalized spacial score (nSPS) is 12.4. The fourth-order valence-corrected chi connectivity index (χ4v) is 7.76. The highest BCUT2D eigenvalue weighted by Crippen LogP contribution is 2.46. The standard InChI is InChI=1S/C57H68O4/c1-36-26-46(38-30-40(54(3,4)5)34-41(31-38)55(6,7)8)52(58)48(28-36)44-20-15-17-22-50(44)60-24-19-25-61-51-23-18-16-21-45(51)49-29-37(2)27-47(53(49)59)39-32-42(56(9,10)11)35-43(33-39)57(12,13)14/h15-18,20-23,26-35,58-59H,19,24-25H2,1-14H3. The first-order valence-electron chi connectivity index (χ1n) is 21.9. The highest BCUT2D eigenvalue weighted by Gasteiger charge is 2.25. The van der Waals surface area contributed by atoms with E-state index in [4.69, 9.17) is 9.47 Å². The summed E-state index contributed by atoms with van der Waals surface area (Å²) in [5, 5.41) is 24.0. The molecule has 0 spiro atoms. The zero-order valence-electron chi connectivity index (χ0n) is 39.2. The summed E-state index contributed by atoms with van der Waals surface area (Å²) >= 11 is 0. The fraction of sp³-hybridized carbons (Fsp3) is 0.368. The quantitative estimate of drug-likeness (QED) is 0.135. The molecule has 0 saturated carbocycles. The van der Waals surface area contributed by atoms with Crippen LogP contribution in [0.3, 0.4) is 0 Å². The molecule has 0 amide bonds. The monoisotopic (exact) mass is 817 g/mol. The van der Waals surface area contributed by atoms with E-state index in [1.807, 2.05) is 60.7 Å². The summed E-state index contributed by atoms with van der Waals surface area (Å²) in [4.78, 5) is 0. The van der Waals surface area contributed by atoms with Crippen molar-refractivity contribution in [1.82, 2.24) is 0 Å². The van der Waals surface area contributed by atoms with E-state index in [-0.39, 0.29) is 33.2 Å². The molecule has 6 aromatic rings. The molecular formula is C57H68O4. The van der Waals surface area contributed by atoms with Gasteiger partial charge in [-0.25, -0.2) is 0 Å². The van der Waals surface area contributed by atoms with Crippen LogP contribution in [0.15, 0.2) is 109 Å². The molecule has 0 fully saturated rings. The number of aromatic hydroxyl groups is 2. The number of hydrogen-bond acceptors (Lipinski definition) is 4. The lowest BCUT2D eigenvalue weighted by Crippen LogP contribution is -2.16. The van der Waals surface area contributed by atoms with Crippen molar-refractivity contribution in [3.05, 3.63) is 143 Å². The lowest BCUT2D eigenvalue weighted by Gasteiger charge is -2.26. The minimum atomic E-state index is -0.0493. The van der Waals surface area contributed by atoms with E-state index >= 15 is 0 Å². The molecule has 4 nitrogen and oxygen atoms in total. The summed E-state index contributed by atoms with van der Waals surface area (Å²) < 4.78 is 12.9. The SMILES string of the molecule is Cc1cc(-c2cc(C(C)(C)C)cc(C(C)(C)C)c2)c(O)c(-c2ccccc2OCCCOc2ccccc2-c2cc(C)cc(-c3cc(C(C)(C)C)cc(C(C)(C)C)c3)c2O)c1. The van der Waals surface area contributed by atoms with Crippen LogP contribution in [0.1, 0.15) is 123 Å². The van der Waals surface area contributed by atoms with Gasteiger partial charge >= 0.3 is 0 Å². The molecule has 0 radical (unpaired) electrons. The van der Waals surface area contributed by atoms with E-state index in [9.17, 15) is 10.2 Å². The van der Waals surface area contributed by atoms with Crippen molar-refractivity contribution in [1.29, 1.82) is 0 Å². The van der Waals surface area contributed by atoms with Gasteiger partial charge in [0, 0.05) is 39.8 Å². The Kier molecular flexibility index (Phi) is 12.6.